The van der Waals surface area contributed by atoms with Crippen LogP contribution in [0.1, 0.15) is 46.2 Å². The zero-order valence-electron chi connectivity index (χ0n) is 16.4. The summed E-state index contributed by atoms with van der Waals surface area (Å²) in [5.41, 5.74) is 3.31. The van der Waals surface area contributed by atoms with E-state index in [2.05, 4.69) is 25.4 Å². The maximum atomic E-state index is 12.4. The summed E-state index contributed by atoms with van der Waals surface area (Å²) in [6.45, 7) is 2.48. The molecule has 0 radical (unpaired) electrons. The second kappa shape index (κ2) is 7.55. The van der Waals surface area contributed by atoms with Crippen molar-refractivity contribution in [3.05, 3.63) is 77.8 Å². The third-order valence-electron chi connectivity index (χ3n) is 5.16. The minimum absolute atomic E-state index is 0.230. The molecule has 1 fully saturated rings. The highest BCUT2D eigenvalue weighted by molar-refractivity contribution is 5.92. The standard InChI is InChI=1S/C22H20N6O2/c1-14-4-2-3-5-16(14)10-24-21(29)18-12-28(13-25-18)19-9-8-17(11-23-19)22-26-20(27-30-22)15-6-7-15/h2-5,8-9,11-13,15H,6-7,10H2,1H3,(H,24,29). The van der Waals surface area contributed by atoms with Crippen LogP contribution >= 0.6 is 0 Å². The number of rotatable bonds is 6. The Labute approximate surface area is 173 Å². The van der Waals surface area contributed by atoms with Crippen molar-refractivity contribution in [2.24, 2.45) is 0 Å². The zero-order chi connectivity index (χ0) is 20.5. The zero-order valence-corrected chi connectivity index (χ0v) is 16.4. The molecule has 3 heterocycles. The summed E-state index contributed by atoms with van der Waals surface area (Å²) in [5, 5.41) is 6.93. The second-order valence-corrected chi connectivity index (χ2v) is 7.41. The van der Waals surface area contributed by atoms with Crippen molar-refractivity contribution in [3.63, 3.8) is 0 Å². The van der Waals surface area contributed by atoms with E-state index in [0.717, 1.165) is 35.4 Å². The fourth-order valence-electron chi connectivity index (χ4n) is 3.16. The van der Waals surface area contributed by atoms with Crippen LogP contribution in [0, 0.1) is 6.92 Å². The molecule has 0 saturated heterocycles. The number of hydrogen-bond donors (Lipinski definition) is 1. The number of hydrogen-bond acceptors (Lipinski definition) is 6. The second-order valence-electron chi connectivity index (χ2n) is 7.41. The Morgan fingerprint density at radius 2 is 2.07 bits per heavy atom. The summed E-state index contributed by atoms with van der Waals surface area (Å²) in [6.07, 6.45) is 7.16. The highest BCUT2D eigenvalue weighted by Gasteiger charge is 2.29. The van der Waals surface area contributed by atoms with Gasteiger partial charge < -0.3 is 9.84 Å². The molecule has 150 valence electrons. The number of nitrogens with zero attached hydrogens (tertiary/aromatic N) is 5. The van der Waals surface area contributed by atoms with Gasteiger partial charge >= 0.3 is 0 Å². The number of carbonyl (C=O) groups excluding carboxylic acids is 1. The molecular formula is C22H20N6O2. The summed E-state index contributed by atoms with van der Waals surface area (Å²) in [5.74, 6) is 2.09. The van der Waals surface area contributed by atoms with E-state index in [9.17, 15) is 4.79 Å². The van der Waals surface area contributed by atoms with Crippen LogP contribution in [0.2, 0.25) is 0 Å². The van der Waals surface area contributed by atoms with E-state index in [1.54, 1.807) is 23.3 Å². The molecule has 8 nitrogen and oxygen atoms in total. The normalized spacial score (nSPS) is 13.4. The van der Waals surface area contributed by atoms with E-state index in [1.165, 1.54) is 0 Å². The van der Waals surface area contributed by atoms with Crippen molar-refractivity contribution in [2.45, 2.75) is 32.2 Å². The fourth-order valence-corrected chi connectivity index (χ4v) is 3.16. The monoisotopic (exact) mass is 400 g/mol. The average Bonchev–Trinajstić information content (AvgIpc) is 3.29. The highest BCUT2D eigenvalue weighted by atomic mass is 16.5. The molecule has 0 aliphatic heterocycles. The first-order valence-electron chi connectivity index (χ1n) is 9.84. The van der Waals surface area contributed by atoms with Gasteiger partial charge in [0.1, 0.15) is 17.8 Å². The van der Waals surface area contributed by atoms with Gasteiger partial charge in [0.25, 0.3) is 11.8 Å². The number of benzene rings is 1. The van der Waals surface area contributed by atoms with Crippen LogP contribution in [-0.2, 0) is 6.54 Å². The Bertz CT molecular complexity index is 1190. The summed E-state index contributed by atoms with van der Waals surface area (Å²) < 4.78 is 7.04. The molecule has 0 bridgehead atoms. The molecule has 0 atom stereocenters. The van der Waals surface area contributed by atoms with Crippen LogP contribution in [-0.4, -0.2) is 30.6 Å². The lowest BCUT2D eigenvalue weighted by molar-refractivity contribution is 0.0946. The molecule has 0 unspecified atom stereocenters. The minimum atomic E-state index is -0.230. The first-order valence-corrected chi connectivity index (χ1v) is 9.84. The summed E-state index contributed by atoms with van der Waals surface area (Å²) in [6, 6.07) is 11.6. The van der Waals surface area contributed by atoms with E-state index >= 15 is 0 Å². The number of imidazole rings is 1. The lowest BCUT2D eigenvalue weighted by atomic mass is 10.1. The Kier molecular flexibility index (Phi) is 4.59. The predicted octanol–water partition coefficient (Wildman–Crippen LogP) is 3.43. The van der Waals surface area contributed by atoms with E-state index in [1.807, 2.05) is 43.3 Å². The molecule has 1 amide bonds. The first kappa shape index (κ1) is 18.2. The van der Waals surface area contributed by atoms with E-state index in [-0.39, 0.29) is 5.91 Å². The molecule has 30 heavy (non-hydrogen) atoms. The molecule has 5 rings (SSSR count). The van der Waals surface area contributed by atoms with Gasteiger partial charge in [-0.3, -0.25) is 9.36 Å². The molecule has 1 aliphatic carbocycles. The molecule has 0 spiro atoms. The third-order valence-corrected chi connectivity index (χ3v) is 5.16. The van der Waals surface area contributed by atoms with Crippen LogP contribution in [0.3, 0.4) is 0 Å². The third kappa shape index (κ3) is 3.71. The minimum Gasteiger partial charge on any atom is -0.347 e. The van der Waals surface area contributed by atoms with Gasteiger partial charge in [0, 0.05) is 24.9 Å². The molecule has 1 aromatic carbocycles. The number of aryl methyl sites for hydroxylation is 1. The van der Waals surface area contributed by atoms with Crippen molar-refractivity contribution in [1.82, 2.24) is 30.0 Å². The van der Waals surface area contributed by atoms with Gasteiger partial charge in [-0.25, -0.2) is 9.97 Å². The number of nitrogens with one attached hydrogen (secondary N) is 1. The summed E-state index contributed by atoms with van der Waals surface area (Å²) >= 11 is 0. The van der Waals surface area contributed by atoms with Gasteiger partial charge in [0.05, 0.1) is 5.56 Å². The van der Waals surface area contributed by atoms with Gasteiger partial charge in [-0.05, 0) is 43.0 Å². The Morgan fingerprint density at radius 1 is 1.20 bits per heavy atom. The topological polar surface area (TPSA) is 98.7 Å². The van der Waals surface area contributed by atoms with E-state index in [4.69, 9.17) is 4.52 Å². The lowest BCUT2D eigenvalue weighted by Gasteiger charge is -2.06. The van der Waals surface area contributed by atoms with Gasteiger partial charge in [-0.1, -0.05) is 29.4 Å². The Hall–Kier alpha value is -3.81. The van der Waals surface area contributed by atoms with Crippen molar-refractivity contribution < 1.29 is 9.32 Å². The maximum Gasteiger partial charge on any atom is 0.271 e. The first-order chi connectivity index (χ1) is 14.7. The van der Waals surface area contributed by atoms with Gasteiger partial charge in [-0.15, -0.1) is 0 Å². The number of carbonyl (C=O) groups is 1. The van der Waals surface area contributed by atoms with Crippen molar-refractivity contribution in [1.29, 1.82) is 0 Å². The molecule has 1 aliphatic rings. The van der Waals surface area contributed by atoms with Crippen LogP contribution in [0.15, 0.2) is 59.6 Å². The van der Waals surface area contributed by atoms with Crippen LogP contribution < -0.4 is 5.32 Å². The number of amides is 1. The molecule has 1 N–H and O–H groups in total. The van der Waals surface area contributed by atoms with Crippen LogP contribution in [0.5, 0.6) is 0 Å². The largest absolute Gasteiger partial charge is 0.347 e. The molecular weight excluding hydrogens is 380 g/mol. The Morgan fingerprint density at radius 3 is 2.83 bits per heavy atom. The van der Waals surface area contributed by atoms with Gasteiger partial charge in [0.15, 0.2) is 5.82 Å². The van der Waals surface area contributed by atoms with Gasteiger partial charge in [0.2, 0.25) is 0 Å². The molecule has 4 aromatic rings. The number of aromatic nitrogens is 5. The Balaban J connectivity index is 1.26. The fraction of sp³-hybridized carbons (Fsp3) is 0.227. The SMILES string of the molecule is Cc1ccccc1CNC(=O)c1cn(-c2ccc(-c3nc(C4CC4)no3)cn2)cn1. The quantitative estimate of drug-likeness (QED) is 0.532. The molecule has 8 heteroatoms. The molecule has 3 aromatic heterocycles. The van der Waals surface area contributed by atoms with Crippen LogP contribution in [0.25, 0.3) is 17.3 Å². The van der Waals surface area contributed by atoms with Crippen molar-refractivity contribution in [2.75, 3.05) is 0 Å². The van der Waals surface area contributed by atoms with Crippen molar-refractivity contribution >= 4 is 5.91 Å². The lowest BCUT2D eigenvalue weighted by Crippen LogP contribution is -2.23. The van der Waals surface area contributed by atoms with Gasteiger partial charge in [-0.2, -0.15) is 4.98 Å². The van der Waals surface area contributed by atoms with E-state index < -0.39 is 0 Å². The molecule has 1 saturated carbocycles. The smallest absolute Gasteiger partial charge is 0.271 e. The number of pyridine rings is 1. The summed E-state index contributed by atoms with van der Waals surface area (Å²) in [4.78, 5) is 25.5. The van der Waals surface area contributed by atoms with E-state index in [0.29, 0.717) is 29.9 Å². The highest BCUT2D eigenvalue weighted by Crippen LogP contribution is 2.38. The van der Waals surface area contributed by atoms with Crippen LogP contribution in [0.4, 0.5) is 0 Å². The summed E-state index contributed by atoms with van der Waals surface area (Å²) in [7, 11) is 0. The predicted molar refractivity (Wildman–Crippen MR) is 109 cm³/mol. The average molecular weight is 400 g/mol. The maximum absolute atomic E-state index is 12.4. The van der Waals surface area contributed by atoms with Crippen molar-refractivity contribution in [3.8, 4) is 17.3 Å².